The fourth-order valence-electron chi connectivity index (χ4n) is 2.28. The molecule has 0 aromatic carbocycles. The van der Waals surface area contributed by atoms with Gasteiger partial charge in [0.2, 0.25) is 0 Å². The van der Waals surface area contributed by atoms with Crippen LogP contribution in [-0.4, -0.2) is 28.7 Å². The first-order valence-corrected chi connectivity index (χ1v) is 7.01. The third-order valence-electron chi connectivity index (χ3n) is 3.35. The summed E-state index contributed by atoms with van der Waals surface area (Å²) in [6.45, 7) is 0.810. The molecule has 0 radical (unpaired) electrons. The molecule has 21 heavy (non-hydrogen) atoms. The van der Waals surface area contributed by atoms with E-state index in [0.717, 1.165) is 5.69 Å². The van der Waals surface area contributed by atoms with Crippen molar-refractivity contribution in [3.05, 3.63) is 53.6 Å². The van der Waals surface area contributed by atoms with Crippen LogP contribution in [0.4, 0.5) is 10.1 Å². The van der Waals surface area contributed by atoms with Crippen molar-refractivity contribution in [3.63, 3.8) is 0 Å². The molecule has 3 heterocycles. The van der Waals surface area contributed by atoms with E-state index >= 15 is 0 Å². The Balaban J connectivity index is 1.75. The Bertz CT molecular complexity index is 695. The summed E-state index contributed by atoms with van der Waals surface area (Å²) in [5.41, 5.74) is -0.126. The molecule has 1 fully saturated rings. The SMILES string of the molecule is FC1(C#Cc2ccccn2)CCN(c2cncc(Cl)c2)C1. The molecule has 3 rings (SSSR count). The molecule has 0 bridgehead atoms. The van der Waals surface area contributed by atoms with E-state index in [9.17, 15) is 4.39 Å². The van der Waals surface area contributed by atoms with Crippen molar-refractivity contribution in [2.24, 2.45) is 0 Å². The van der Waals surface area contributed by atoms with Crippen LogP contribution >= 0.6 is 11.6 Å². The minimum absolute atomic E-state index is 0.217. The average Bonchev–Trinajstić information content (AvgIpc) is 2.90. The van der Waals surface area contributed by atoms with Crippen LogP contribution in [0.5, 0.6) is 0 Å². The third kappa shape index (κ3) is 3.32. The predicted octanol–water partition coefficient (Wildman–Crippen LogP) is 3.10. The largest absolute Gasteiger partial charge is 0.366 e. The molecule has 0 aliphatic carbocycles. The summed E-state index contributed by atoms with van der Waals surface area (Å²) in [6.07, 6.45) is 5.25. The van der Waals surface area contributed by atoms with Crippen LogP contribution < -0.4 is 4.90 Å². The zero-order valence-electron chi connectivity index (χ0n) is 11.3. The Morgan fingerprint density at radius 3 is 3.00 bits per heavy atom. The van der Waals surface area contributed by atoms with Crippen LogP contribution in [0.25, 0.3) is 0 Å². The average molecular weight is 302 g/mol. The lowest BCUT2D eigenvalue weighted by molar-refractivity contribution is 0.274. The number of nitrogens with zero attached hydrogens (tertiary/aromatic N) is 3. The van der Waals surface area contributed by atoms with E-state index in [1.54, 1.807) is 36.8 Å². The minimum Gasteiger partial charge on any atom is -0.366 e. The van der Waals surface area contributed by atoms with Crippen molar-refractivity contribution in [2.75, 3.05) is 18.0 Å². The van der Waals surface area contributed by atoms with Crippen molar-refractivity contribution in [2.45, 2.75) is 12.1 Å². The first-order chi connectivity index (χ1) is 10.1. The van der Waals surface area contributed by atoms with Gasteiger partial charge in [0, 0.05) is 25.4 Å². The van der Waals surface area contributed by atoms with Gasteiger partial charge in [0.15, 0.2) is 5.67 Å². The summed E-state index contributed by atoms with van der Waals surface area (Å²) in [4.78, 5) is 10.0. The van der Waals surface area contributed by atoms with Crippen molar-refractivity contribution >= 4 is 17.3 Å². The molecule has 0 amide bonds. The lowest BCUT2D eigenvalue weighted by atomic mass is 10.1. The van der Waals surface area contributed by atoms with Gasteiger partial charge in [0.25, 0.3) is 0 Å². The normalized spacial score (nSPS) is 21.0. The van der Waals surface area contributed by atoms with E-state index in [4.69, 9.17) is 11.6 Å². The number of pyridine rings is 2. The maximum absolute atomic E-state index is 14.7. The van der Waals surface area contributed by atoms with Gasteiger partial charge in [0.05, 0.1) is 23.5 Å². The molecule has 1 aliphatic rings. The van der Waals surface area contributed by atoms with Gasteiger partial charge in [-0.25, -0.2) is 9.37 Å². The molecule has 1 aliphatic heterocycles. The van der Waals surface area contributed by atoms with Crippen LogP contribution in [0.1, 0.15) is 12.1 Å². The third-order valence-corrected chi connectivity index (χ3v) is 3.56. The maximum atomic E-state index is 14.7. The number of aromatic nitrogens is 2. The molecular weight excluding hydrogens is 289 g/mol. The topological polar surface area (TPSA) is 29.0 Å². The van der Waals surface area contributed by atoms with Crippen LogP contribution in [0.3, 0.4) is 0 Å². The Morgan fingerprint density at radius 1 is 1.33 bits per heavy atom. The molecule has 3 nitrogen and oxygen atoms in total. The summed E-state index contributed by atoms with van der Waals surface area (Å²) in [7, 11) is 0. The molecule has 5 heteroatoms. The summed E-state index contributed by atoms with van der Waals surface area (Å²) in [5.74, 6) is 5.52. The molecule has 1 atom stereocenters. The van der Waals surface area contributed by atoms with Crippen molar-refractivity contribution in [1.82, 2.24) is 9.97 Å². The van der Waals surface area contributed by atoms with E-state index < -0.39 is 5.67 Å². The highest BCUT2D eigenvalue weighted by atomic mass is 35.5. The zero-order chi connectivity index (χ0) is 14.7. The quantitative estimate of drug-likeness (QED) is 0.758. The number of halogens is 2. The van der Waals surface area contributed by atoms with Gasteiger partial charge in [-0.05, 0) is 24.1 Å². The van der Waals surface area contributed by atoms with Gasteiger partial charge in [-0.1, -0.05) is 23.6 Å². The van der Waals surface area contributed by atoms with Gasteiger partial charge in [0.1, 0.15) is 5.69 Å². The van der Waals surface area contributed by atoms with Crippen molar-refractivity contribution in [3.8, 4) is 11.8 Å². The first-order valence-electron chi connectivity index (χ1n) is 6.63. The smallest absolute Gasteiger partial charge is 0.190 e. The molecule has 0 spiro atoms. The van der Waals surface area contributed by atoms with Crippen molar-refractivity contribution in [1.29, 1.82) is 0 Å². The summed E-state index contributed by atoms with van der Waals surface area (Å²) >= 11 is 5.92. The summed E-state index contributed by atoms with van der Waals surface area (Å²) in [6, 6.07) is 7.19. The monoisotopic (exact) mass is 301 g/mol. The van der Waals surface area contributed by atoms with Crippen LogP contribution in [0.15, 0.2) is 42.9 Å². The van der Waals surface area contributed by atoms with Crippen molar-refractivity contribution < 1.29 is 4.39 Å². The molecular formula is C16H13ClFN3. The van der Waals surface area contributed by atoms with E-state index in [-0.39, 0.29) is 6.54 Å². The summed E-state index contributed by atoms with van der Waals surface area (Å²) in [5, 5.41) is 0.545. The van der Waals surface area contributed by atoms with Crippen LogP contribution in [-0.2, 0) is 0 Å². The molecule has 1 saturated heterocycles. The molecule has 0 saturated carbocycles. The Kier molecular flexibility index (Phi) is 3.76. The molecule has 106 valence electrons. The maximum Gasteiger partial charge on any atom is 0.190 e. The van der Waals surface area contributed by atoms with Gasteiger partial charge < -0.3 is 4.90 Å². The van der Waals surface area contributed by atoms with Gasteiger partial charge in [-0.2, -0.15) is 0 Å². The second-order valence-corrected chi connectivity index (χ2v) is 5.40. The minimum atomic E-state index is -1.53. The predicted molar refractivity (Wildman–Crippen MR) is 81.0 cm³/mol. The second kappa shape index (κ2) is 5.71. The molecule has 0 N–H and O–H groups in total. The van der Waals surface area contributed by atoms with E-state index in [1.165, 1.54) is 0 Å². The van der Waals surface area contributed by atoms with E-state index in [2.05, 4.69) is 21.8 Å². The molecule has 2 aromatic heterocycles. The van der Waals surface area contributed by atoms with Crippen LogP contribution in [0, 0.1) is 11.8 Å². The highest BCUT2D eigenvalue weighted by molar-refractivity contribution is 6.30. The lowest BCUT2D eigenvalue weighted by Crippen LogP contribution is -2.27. The first kappa shape index (κ1) is 13.8. The highest BCUT2D eigenvalue weighted by Gasteiger charge is 2.37. The zero-order valence-corrected chi connectivity index (χ0v) is 12.0. The van der Waals surface area contributed by atoms with Crippen LogP contribution in [0.2, 0.25) is 5.02 Å². The van der Waals surface area contributed by atoms with Gasteiger partial charge >= 0.3 is 0 Å². The number of hydrogen-bond acceptors (Lipinski definition) is 3. The number of rotatable bonds is 1. The molecule has 1 unspecified atom stereocenters. The van der Waals surface area contributed by atoms with Gasteiger partial charge in [-0.3, -0.25) is 4.98 Å². The van der Waals surface area contributed by atoms with E-state index in [0.29, 0.717) is 23.7 Å². The Hall–Kier alpha value is -2.12. The van der Waals surface area contributed by atoms with Gasteiger partial charge in [-0.15, -0.1) is 0 Å². The number of hydrogen-bond donors (Lipinski definition) is 0. The second-order valence-electron chi connectivity index (χ2n) is 4.96. The standard InChI is InChI=1S/C16H13ClFN3/c17-13-9-15(11-19-10-13)21-8-6-16(18,12-21)5-4-14-3-1-2-7-20-14/h1-3,7,9-11H,6,8,12H2. The summed E-state index contributed by atoms with van der Waals surface area (Å²) < 4.78 is 14.7. The Morgan fingerprint density at radius 2 is 2.24 bits per heavy atom. The number of anilines is 1. The van der Waals surface area contributed by atoms with E-state index in [1.807, 2.05) is 11.0 Å². The number of alkyl halides is 1. The Labute approximate surface area is 127 Å². The lowest BCUT2D eigenvalue weighted by Gasteiger charge is -2.18. The fourth-order valence-corrected chi connectivity index (χ4v) is 2.45. The fraction of sp³-hybridized carbons (Fsp3) is 0.250. The molecule has 2 aromatic rings. The highest BCUT2D eigenvalue weighted by Crippen LogP contribution is 2.30.